The molecule has 1 aromatic carbocycles. The minimum atomic E-state index is -0.396. The molecule has 2 rings (SSSR count). The van der Waals surface area contributed by atoms with Gasteiger partial charge in [0.25, 0.3) is 5.91 Å². The van der Waals surface area contributed by atoms with Gasteiger partial charge in [0.1, 0.15) is 5.76 Å². The summed E-state index contributed by atoms with van der Waals surface area (Å²) in [6.45, 7) is 5.48. The minimum absolute atomic E-state index is 0.0285. The fourth-order valence-corrected chi connectivity index (χ4v) is 3.00. The van der Waals surface area contributed by atoms with Gasteiger partial charge in [0.2, 0.25) is 0 Å². The number of carbonyl (C=O) groups is 1. The Morgan fingerprint density at radius 2 is 2.24 bits per heavy atom. The zero-order valence-corrected chi connectivity index (χ0v) is 10.3. The van der Waals surface area contributed by atoms with E-state index in [4.69, 9.17) is 5.73 Å². The summed E-state index contributed by atoms with van der Waals surface area (Å²) in [7, 11) is 0. The third-order valence-electron chi connectivity index (χ3n) is 2.70. The highest BCUT2D eigenvalue weighted by Gasteiger charge is 2.15. The predicted octanol–water partition coefficient (Wildman–Crippen LogP) is 3.09. The second-order valence-electron chi connectivity index (χ2n) is 3.79. The lowest BCUT2D eigenvalue weighted by atomic mass is 10.0. The van der Waals surface area contributed by atoms with Gasteiger partial charge in [-0.3, -0.25) is 4.79 Å². The van der Waals surface area contributed by atoms with Crippen LogP contribution in [0.25, 0.3) is 15.8 Å². The summed E-state index contributed by atoms with van der Waals surface area (Å²) in [4.78, 5) is 11.9. The maximum absolute atomic E-state index is 11.3. The molecule has 0 aliphatic carbocycles. The fourth-order valence-electron chi connectivity index (χ4n) is 1.88. The van der Waals surface area contributed by atoms with Crippen LogP contribution in [0.4, 0.5) is 0 Å². The van der Waals surface area contributed by atoms with E-state index in [1.807, 2.05) is 19.1 Å². The fraction of sp³-hybridized carbons (Fsp3) is 0.154. The first kappa shape index (κ1) is 11.7. The molecule has 0 saturated carbocycles. The molecule has 0 unspecified atom stereocenters. The van der Waals surface area contributed by atoms with Gasteiger partial charge in [0.15, 0.2) is 0 Å². The van der Waals surface area contributed by atoms with Crippen LogP contribution in [-0.4, -0.2) is 11.0 Å². The van der Waals surface area contributed by atoms with Gasteiger partial charge in [0, 0.05) is 10.3 Å². The number of hydrogen-bond donors (Lipinski definition) is 2. The topological polar surface area (TPSA) is 63.3 Å². The van der Waals surface area contributed by atoms with Crippen LogP contribution in [0.3, 0.4) is 0 Å². The van der Waals surface area contributed by atoms with E-state index in [9.17, 15) is 9.90 Å². The lowest BCUT2D eigenvalue weighted by Gasteiger charge is -2.00. The third-order valence-corrected chi connectivity index (χ3v) is 3.93. The summed E-state index contributed by atoms with van der Waals surface area (Å²) in [6.07, 6.45) is 0.736. The van der Waals surface area contributed by atoms with Crippen LogP contribution < -0.4 is 5.73 Å². The van der Waals surface area contributed by atoms with Gasteiger partial charge in [-0.1, -0.05) is 13.5 Å². The molecule has 0 radical (unpaired) electrons. The SMILES string of the molecule is C=C(O)c1ccc2sc(C(N)=O)c(CC)c2c1. The number of nitrogens with two attached hydrogens (primary N) is 1. The number of benzene rings is 1. The summed E-state index contributed by atoms with van der Waals surface area (Å²) >= 11 is 1.39. The van der Waals surface area contributed by atoms with Crippen molar-refractivity contribution < 1.29 is 9.90 Å². The lowest BCUT2D eigenvalue weighted by Crippen LogP contribution is -2.10. The van der Waals surface area contributed by atoms with Gasteiger partial charge in [-0.15, -0.1) is 11.3 Å². The van der Waals surface area contributed by atoms with E-state index in [1.54, 1.807) is 6.07 Å². The number of aryl methyl sites for hydroxylation is 1. The molecule has 0 bridgehead atoms. The van der Waals surface area contributed by atoms with Gasteiger partial charge in [0.05, 0.1) is 4.88 Å². The summed E-state index contributed by atoms with van der Waals surface area (Å²) in [5, 5.41) is 10.4. The standard InChI is InChI=1S/C13H13NO2S/c1-3-9-10-6-8(7(2)15)4-5-11(10)17-12(9)13(14)16/h4-6,15H,2-3H2,1H3,(H2,14,16). The molecule has 0 aliphatic rings. The van der Waals surface area contributed by atoms with Gasteiger partial charge in [-0.25, -0.2) is 0 Å². The van der Waals surface area contributed by atoms with E-state index in [1.165, 1.54) is 11.3 Å². The zero-order chi connectivity index (χ0) is 12.6. The van der Waals surface area contributed by atoms with Crippen molar-refractivity contribution in [3.05, 3.63) is 40.8 Å². The van der Waals surface area contributed by atoms with Crippen molar-refractivity contribution in [1.29, 1.82) is 0 Å². The van der Waals surface area contributed by atoms with Crippen molar-refractivity contribution in [1.82, 2.24) is 0 Å². The smallest absolute Gasteiger partial charge is 0.259 e. The summed E-state index contributed by atoms with van der Waals surface area (Å²) < 4.78 is 1.00. The highest BCUT2D eigenvalue weighted by Crippen LogP contribution is 2.33. The van der Waals surface area contributed by atoms with Crippen LogP contribution in [0.15, 0.2) is 24.8 Å². The molecular weight excluding hydrogens is 234 g/mol. The Bertz CT molecular complexity index is 613. The molecule has 0 spiro atoms. The molecule has 1 aromatic heterocycles. The monoisotopic (exact) mass is 247 g/mol. The van der Waals surface area contributed by atoms with Gasteiger partial charge < -0.3 is 10.8 Å². The Labute approximate surface area is 103 Å². The first-order valence-electron chi connectivity index (χ1n) is 5.28. The third kappa shape index (κ3) is 1.91. The van der Waals surface area contributed by atoms with Crippen molar-refractivity contribution in [3.63, 3.8) is 0 Å². The molecule has 0 fully saturated rings. The number of aliphatic hydroxyl groups is 1. The van der Waals surface area contributed by atoms with Crippen molar-refractivity contribution in [2.75, 3.05) is 0 Å². The average Bonchev–Trinajstić information content (AvgIpc) is 2.66. The Morgan fingerprint density at radius 3 is 2.76 bits per heavy atom. The molecule has 0 saturated heterocycles. The van der Waals surface area contributed by atoms with Crippen LogP contribution in [0, 0.1) is 0 Å². The molecule has 1 heterocycles. The van der Waals surface area contributed by atoms with Crippen molar-refractivity contribution >= 4 is 33.1 Å². The summed E-state index contributed by atoms with van der Waals surface area (Å²) in [5.41, 5.74) is 6.97. The summed E-state index contributed by atoms with van der Waals surface area (Å²) in [5.74, 6) is -0.367. The zero-order valence-electron chi connectivity index (χ0n) is 9.49. The van der Waals surface area contributed by atoms with Crippen LogP contribution in [0.1, 0.15) is 27.7 Å². The molecule has 3 nitrogen and oxygen atoms in total. The number of aliphatic hydroxyl groups excluding tert-OH is 1. The van der Waals surface area contributed by atoms with E-state index >= 15 is 0 Å². The Kier molecular flexibility index (Phi) is 2.90. The molecule has 0 aliphatic heterocycles. The first-order chi connectivity index (χ1) is 8.04. The number of carbonyl (C=O) groups excluding carboxylic acids is 1. The second kappa shape index (κ2) is 4.22. The molecule has 1 amide bonds. The second-order valence-corrected chi connectivity index (χ2v) is 4.84. The van der Waals surface area contributed by atoms with E-state index in [0.29, 0.717) is 10.4 Å². The van der Waals surface area contributed by atoms with Crippen molar-refractivity contribution in [3.8, 4) is 0 Å². The number of amides is 1. The molecule has 4 heteroatoms. The molecular formula is C13H13NO2S. The van der Waals surface area contributed by atoms with Gasteiger partial charge in [-0.2, -0.15) is 0 Å². The molecule has 0 atom stereocenters. The minimum Gasteiger partial charge on any atom is -0.508 e. The molecule has 88 valence electrons. The van der Waals surface area contributed by atoms with Crippen LogP contribution in [0.5, 0.6) is 0 Å². The summed E-state index contributed by atoms with van der Waals surface area (Å²) in [6, 6.07) is 5.51. The Hall–Kier alpha value is -1.81. The number of primary amides is 1. The maximum atomic E-state index is 11.3. The van der Waals surface area contributed by atoms with E-state index in [0.717, 1.165) is 22.1 Å². The molecule has 17 heavy (non-hydrogen) atoms. The number of fused-ring (bicyclic) bond motifs is 1. The van der Waals surface area contributed by atoms with Crippen LogP contribution in [0.2, 0.25) is 0 Å². The molecule has 3 N–H and O–H groups in total. The largest absolute Gasteiger partial charge is 0.508 e. The van der Waals surface area contributed by atoms with Crippen molar-refractivity contribution in [2.24, 2.45) is 5.73 Å². The van der Waals surface area contributed by atoms with Crippen molar-refractivity contribution in [2.45, 2.75) is 13.3 Å². The van der Waals surface area contributed by atoms with E-state index < -0.39 is 5.91 Å². The van der Waals surface area contributed by atoms with Gasteiger partial charge in [-0.05, 0) is 35.6 Å². The van der Waals surface area contributed by atoms with Crippen LogP contribution >= 0.6 is 11.3 Å². The number of hydrogen-bond acceptors (Lipinski definition) is 3. The number of rotatable bonds is 3. The quantitative estimate of drug-likeness (QED) is 0.819. The van der Waals surface area contributed by atoms with Crippen LogP contribution in [-0.2, 0) is 6.42 Å². The Morgan fingerprint density at radius 1 is 1.53 bits per heavy atom. The van der Waals surface area contributed by atoms with E-state index in [2.05, 4.69) is 6.58 Å². The molecule has 2 aromatic rings. The maximum Gasteiger partial charge on any atom is 0.259 e. The van der Waals surface area contributed by atoms with E-state index in [-0.39, 0.29) is 5.76 Å². The predicted molar refractivity (Wildman–Crippen MR) is 71.4 cm³/mol. The normalized spacial score (nSPS) is 10.6. The number of thiophene rings is 1. The highest BCUT2D eigenvalue weighted by atomic mass is 32.1. The first-order valence-corrected chi connectivity index (χ1v) is 6.09. The lowest BCUT2D eigenvalue weighted by molar-refractivity contribution is 0.100. The van der Waals surface area contributed by atoms with Gasteiger partial charge >= 0.3 is 0 Å². The highest BCUT2D eigenvalue weighted by molar-refractivity contribution is 7.21. The Balaban J connectivity index is 2.75. The average molecular weight is 247 g/mol.